The van der Waals surface area contributed by atoms with E-state index in [2.05, 4.69) is 0 Å². The van der Waals surface area contributed by atoms with Crippen molar-refractivity contribution in [3.05, 3.63) is 45.5 Å². The lowest BCUT2D eigenvalue weighted by atomic mass is 10.1. The van der Waals surface area contributed by atoms with Crippen LogP contribution < -0.4 is 0 Å². The van der Waals surface area contributed by atoms with Gasteiger partial charge in [-0.2, -0.15) is 0 Å². The number of non-ortho nitro benzene ring substituents is 1. The van der Waals surface area contributed by atoms with E-state index in [1.807, 2.05) is 6.92 Å². The lowest BCUT2D eigenvalue weighted by Gasteiger charge is -2.04. The molecular formula is C13H15NO4. The standard InChI is InChI=1S/C13H15NO4/c1-3-11(13(15)18-4-2)8-10-6-5-7-12(9-10)14(16)17/h5-9H,3-4H2,1-2H3/b11-8+. The predicted octanol–water partition coefficient (Wildman–Crippen LogP) is 2.95. The van der Waals surface area contributed by atoms with Gasteiger partial charge < -0.3 is 4.74 Å². The van der Waals surface area contributed by atoms with E-state index in [0.717, 1.165) is 0 Å². The molecule has 0 bridgehead atoms. The molecule has 0 amide bonds. The van der Waals surface area contributed by atoms with Gasteiger partial charge in [-0.25, -0.2) is 4.79 Å². The summed E-state index contributed by atoms with van der Waals surface area (Å²) in [5.41, 5.74) is 1.12. The van der Waals surface area contributed by atoms with Gasteiger partial charge in [0.05, 0.1) is 11.5 Å². The van der Waals surface area contributed by atoms with Crippen LogP contribution in [0.15, 0.2) is 29.8 Å². The van der Waals surface area contributed by atoms with Crippen molar-refractivity contribution >= 4 is 17.7 Å². The van der Waals surface area contributed by atoms with Crippen LogP contribution in [0.5, 0.6) is 0 Å². The van der Waals surface area contributed by atoms with Crippen LogP contribution in [0.3, 0.4) is 0 Å². The Morgan fingerprint density at radius 2 is 2.17 bits per heavy atom. The fourth-order valence-corrected chi connectivity index (χ4v) is 1.46. The average molecular weight is 249 g/mol. The lowest BCUT2D eigenvalue weighted by Crippen LogP contribution is -2.06. The van der Waals surface area contributed by atoms with Crippen LogP contribution in [-0.2, 0) is 9.53 Å². The first kappa shape index (κ1) is 13.9. The molecule has 0 saturated carbocycles. The van der Waals surface area contributed by atoms with Gasteiger partial charge in [-0.3, -0.25) is 10.1 Å². The monoisotopic (exact) mass is 249 g/mol. The van der Waals surface area contributed by atoms with Crippen LogP contribution in [-0.4, -0.2) is 17.5 Å². The Kier molecular flexibility index (Phi) is 5.05. The van der Waals surface area contributed by atoms with Crippen LogP contribution in [0.2, 0.25) is 0 Å². The number of hydrogen-bond donors (Lipinski definition) is 0. The molecule has 1 aromatic carbocycles. The number of esters is 1. The van der Waals surface area contributed by atoms with Gasteiger partial charge in [0.1, 0.15) is 0 Å². The number of rotatable bonds is 5. The molecule has 0 heterocycles. The Bertz CT molecular complexity index is 480. The molecule has 5 nitrogen and oxygen atoms in total. The van der Waals surface area contributed by atoms with Gasteiger partial charge in [0.25, 0.3) is 5.69 Å². The largest absolute Gasteiger partial charge is 0.463 e. The van der Waals surface area contributed by atoms with Gasteiger partial charge >= 0.3 is 5.97 Å². The maximum atomic E-state index is 11.6. The highest BCUT2D eigenvalue weighted by molar-refractivity contribution is 5.93. The summed E-state index contributed by atoms with van der Waals surface area (Å²) in [6, 6.07) is 6.13. The Balaban J connectivity index is 3.02. The quantitative estimate of drug-likeness (QED) is 0.348. The maximum absolute atomic E-state index is 11.6. The van der Waals surface area contributed by atoms with Crippen LogP contribution >= 0.6 is 0 Å². The van der Waals surface area contributed by atoms with E-state index >= 15 is 0 Å². The highest BCUT2D eigenvalue weighted by Gasteiger charge is 2.10. The van der Waals surface area contributed by atoms with Gasteiger partial charge in [0, 0.05) is 17.7 Å². The topological polar surface area (TPSA) is 69.4 Å². The number of carbonyl (C=O) groups excluding carboxylic acids is 1. The second-order valence-electron chi connectivity index (χ2n) is 3.60. The highest BCUT2D eigenvalue weighted by atomic mass is 16.6. The third kappa shape index (κ3) is 3.69. The molecule has 0 spiro atoms. The van der Waals surface area contributed by atoms with Gasteiger partial charge in [-0.15, -0.1) is 0 Å². The van der Waals surface area contributed by atoms with Crippen molar-refractivity contribution in [1.29, 1.82) is 0 Å². The normalized spacial score (nSPS) is 11.1. The van der Waals surface area contributed by atoms with Crippen molar-refractivity contribution in [3.8, 4) is 0 Å². The fraction of sp³-hybridized carbons (Fsp3) is 0.308. The van der Waals surface area contributed by atoms with E-state index in [4.69, 9.17) is 4.74 Å². The number of hydrogen-bond acceptors (Lipinski definition) is 4. The summed E-state index contributed by atoms with van der Waals surface area (Å²) < 4.78 is 4.90. The average Bonchev–Trinajstić information content (AvgIpc) is 2.36. The molecule has 5 heteroatoms. The number of nitro benzene ring substituents is 1. The van der Waals surface area contributed by atoms with E-state index < -0.39 is 4.92 Å². The molecular weight excluding hydrogens is 234 g/mol. The molecule has 1 rings (SSSR count). The zero-order valence-corrected chi connectivity index (χ0v) is 10.4. The summed E-state index contributed by atoms with van der Waals surface area (Å²) in [6.45, 7) is 3.88. The van der Waals surface area contributed by atoms with Crippen LogP contribution in [0.4, 0.5) is 5.69 Å². The molecule has 0 aliphatic carbocycles. The van der Waals surface area contributed by atoms with Gasteiger partial charge in [0.15, 0.2) is 0 Å². The van der Waals surface area contributed by atoms with E-state index in [0.29, 0.717) is 24.2 Å². The lowest BCUT2D eigenvalue weighted by molar-refractivity contribution is -0.384. The number of nitrogens with zero attached hydrogens (tertiary/aromatic N) is 1. The molecule has 0 radical (unpaired) electrons. The van der Waals surface area contributed by atoms with Crippen molar-refractivity contribution in [2.45, 2.75) is 20.3 Å². The summed E-state index contributed by atoms with van der Waals surface area (Å²) >= 11 is 0. The summed E-state index contributed by atoms with van der Waals surface area (Å²) in [5, 5.41) is 10.6. The van der Waals surface area contributed by atoms with Gasteiger partial charge in [-0.05, 0) is 25.0 Å². The molecule has 0 fully saturated rings. The number of nitro groups is 1. The first-order chi connectivity index (χ1) is 8.58. The van der Waals surface area contributed by atoms with Gasteiger partial charge in [-0.1, -0.05) is 19.1 Å². The molecule has 0 aliphatic rings. The molecule has 18 heavy (non-hydrogen) atoms. The maximum Gasteiger partial charge on any atom is 0.333 e. The summed E-state index contributed by atoms with van der Waals surface area (Å²) in [5.74, 6) is -0.383. The van der Waals surface area contributed by atoms with Gasteiger partial charge in [0.2, 0.25) is 0 Å². The molecule has 0 atom stereocenters. The molecule has 96 valence electrons. The second-order valence-corrected chi connectivity index (χ2v) is 3.60. The summed E-state index contributed by atoms with van der Waals surface area (Å²) in [6.07, 6.45) is 2.13. The van der Waals surface area contributed by atoms with E-state index in [1.54, 1.807) is 25.1 Å². The number of carbonyl (C=O) groups is 1. The summed E-state index contributed by atoms with van der Waals surface area (Å²) in [4.78, 5) is 21.7. The van der Waals surface area contributed by atoms with Crippen molar-refractivity contribution < 1.29 is 14.5 Å². The van der Waals surface area contributed by atoms with E-state index in [1.165, 1.54) is 12.1 Å². The Labute approximate surface area is 105 Å². The molecule has 1 aromatic rings. The minimum absolute atomic E-state index is 0.00284. The zero-order valence-electron chi connectivity index (χ0n) is 10.4. The van der Waals surface area contributed by atoms with Crippen molar-refractivity contribution in [1.82, 2.24) is 0 Å². The Morgan fingerprint density at radius 3 is 2.72 bits per heavy atom. The molecule has 0 unspecified atom stereocenters. The Morgan fingerprint density at radius 1 is 1.44 bits per heavy atom. The van der Waals surface area contributed by atoms with Crippen LogP contribution in [0, 0.1) is 10.1 Å². The molecule has 0 N–H and O–H groups in total. The summed E-state index contributed by atoms with van der Waals surface area (Å²) in [7, 11) is 0. The van der Waals surface area contributed by atoms with Crippen LogP contribution in [0.1, 0.15) is 25.8 Å². The van der Waals surface area contributed by atoms with Crippen molar-refractivity contribution in [2.24, 2.45) is 0 Å². The molecule has 0 saturated heterocycles. The van der Waals surface area contributed by atoms with Crippen molar-refractivity contribution in [2.75, 3.05) is 6.61 Å². The SMILES string of the molecule is CCOC(=O)/C(=C/c1cccc([N+](=O)[O-])c1)CC. The smallest absolute Gasteiger partial charge is 0.333 e. The third-order valence-electron chi connectivity index (χ3n) is 2.34. The number of ether oxygens (including phenoxy) is 1. The Hall–Kier alpha value is -2.17. The zero-order chi connectivity index (χ0) is 13.5. The molecule has 0 aliphatic heterocycles. The van der Waals surface area contributed by atoms with E-state index in [9.17, 15) is 14.9 Å². The minimum atomic E-state index is -0.465. The van der Waals surface area contributed by atoms with Crippen molar-refractivity contribution in [3.63, 3.8) is 0 Å². The second kappa shape index (κ2) is 6.54. The van der Waals surface area contributed by atoms with E-state index in [-0.39, 0.29) is 11.7 Å². The first-order valence-electron chi connectivity index (χ1n) is 5.70. The first-order valence-corrected chi connectivity index (χ1v) is 5.70. The minimum Gasteiger partial charge on any atom is -0.463 e. The molecule has 0 aromatic heterocycles. The number of benzene rings is 1. The third-order valence-corrected chi connectivity index (χ3v) is 2.34. The predicted molar refractivity (Wildman–Crippen MR) is 68.0 cm³/mol. The van der Waals surface area contributed by atoms with Crippen LogP contribution in [0.25, 0.3) is 6.08 Å². The highest BCUT2D eigenvalue weighted by Crippen LogP contribution is 2.17. The fourth-order valence-electron chi connectivity index (χ4n) is 1.46.